The van der Waals surface area contributed by atoms with Crippen LogP contribution in [0, 0.1) is 12.7 Å². The lowest BCUT2D eigenvalue weighted by Crippen LogP contribution is -2.45. The van der Waals surface area contributed by atoms with Gasteiger partial charge in [0, 0.05) is 11.0 Å². The summed E-state index contributed by atoms with van der Waals surface area (Å²) in [6.07, 6.45) is 1.99. The van der Waals surface area contributed by atoms with E-state index in [-0.39, 0.29) is 16.8 Å². The van der Waals surface area contributed by atoms with Crippen LogP contribution in [0.4, 0.5) is 4.39 Å². The zero-order valence-corrected chi connectivity index (χ0v) is 9.60. The molecule has 1 aromatic carbocycles. The molecule has 2 heteroatoms. The van der Waals surface area contributed by atoms with Crippen LogP contribution in [0.5, 0.6) is 0 Å². The van der Waals surface area contributed by atoms with Crippen LogP contribution in [0.1, 0.15) is 37.8 Å². The molecule has 1 nitrogen and oxygen atoms in total. The van der Waals surface area contributed by atoms with Crippen molar-refractivity contribution in [2.45, 2.75) is 44.6 Å². The van der Waals surface area contributed by atoms with Gasteiger partial charge in [0.2, 0.25) is 0 Å². The van der Waals surface area contributed by atoms with Crippen LogP contribution in [0.15, 0.2) is 18.2 Å². The van der Waals surface area contributed by atoms with Crippen LogP contribution in [0.2, 0.25) is 0 Å². The highest BCUT2D eigenvalue weighted by Gasteiger charge is 2.54. The van der Waals surface area contributed by atoms with Crippen LogP contribution in [-0.4, -0.2) is 5.54 Å². The molecule has 0 atom stereocenters. The SMILES string of the molecule is Cc1ccc(C2(C(C)(C)N)CC2)c(F)c1. The van der Waals surface area contributed by atoms with Gasteiger partial charge in [-0.25, -0.2) is 4.39 Å². The van der Waals surface area contributed by atoms with E-state index in [2.05, 4.69) is 0 Å². The fourth-order valence-corrected chi connectivity index (χ4v) is 2.39. The molecule has 0 aromatic heterocycles. The van der Waals surface area contributed by atoms with Crippen LogP contribution in [0.3, 0.4) is 0 Å². The Morgan fingerprint density at radius 3 is 2.33 bits per heavy atom. The maximum Gasteiger partial charge on any atom is 0.127 e. The molecular weight excluding hydrogens is 189 g/mol. The van der Waals surface area contributed by atoms with E-state index >= 15 is 0 Å². The third kappa shape index (κ3) is 1.57. The quantitative estimate of drug-likeness (QED) is 0.792. The molecule has 0 saturated heterocycles. The monoisotopic (exact) mass is 207 g/mol. The largest absolute Gasteiger partial charge is 0.325 e. The lowest BCUT2D eigenvalue weighted by molar-refractivity contribution is 0.379. The Labute approximate surface area is 90.5 Å². The van der Waals surface area contributed by atoms with Crippen molar-refractivity contribution in [1.82, 2.24) is 0 Å². The van der Waals surface area contributed by atoms with Crippen molar-refractivity contribution < 1.29 is 4.39 Å². The highest BCUT2D eigenvalue weighted by atomic mass is 19.1. The summed E-state index contributed by atoms with van der Waals surface area (Å²) in [5, 5.41) is 0. The van der Waals surface area contributed by atoms with E-state index in [1.54, 1.807) is 6.07 Å². The first-order valence-corrected chi connectivity index (χ1v) is 5.42. The molecule has 2 rings (SSSR count). The first-order chi connectivity index (χ1) is 6.87. The second-order valence-electron chi connectivity index (χ2n) is 5.29. The number of hydrogen-bond acceptors (Lipinski definition) is 1. The van der Waals surface area contributed by atoms with Crippen molar-refractivity contribution >= 4 is 0 Å². The van der Waals surface area contributed by atoms with Crippen LogP contribution in [-0.2, 0) is 5.41 Å². The summed E-state index contributed by atoms with van der Waals surface area (Å²) >= 11 is 0. The number of benzene rings is 1. The molecule has 0 spiro atoms. The van der Waals surface area contributed by atoms with Crippen molar-refractivity contribution in [2.24, 2.45) is 5.73 Å². The fourth-order valence-electron chi connectivity index (χ4n) is 2.39. The summed E-state index contributed by atoms with van der Waals surface area (Å²) in [5.41, 5.74) is 7.42. The van der Waals surface area contributed by atoms with Crippen LogP contribution < -0.4 is 5.73 Å². The molecule has 1 aromatic rings. The van der Waals surface area contributed by atoms with Crippen molar-refractivity contribution in [3.8, 4) is 0 Å². The predicted molar refractivity (Wildman–Crippen MR) is 60.3 cm³/mol. The first-order valence-electron chi connectivity index (χ1n) is 5.42. The Morgan fingerprint density at radius 1 is 1.33 bits per heavy atom. The van der Waals surface area contributed by atoms with Crippen molar-refractivity contribution in [3.63, 3.8) is 0 Å². The van der Waals surface area contributed by atoms with Gasteiger partial charge in [0.25, 0.3) is 0 Å². The molecule has 1 fully saturated rings. The van der Waals surface area contributed by atoms with Crippen molar-refractivity contribution in [1.29, 1.82) is 0 Å². The van der Waals surface area contributed by atoms with E-state index in [1.807, 2.05) is 32.9 Å². The van der Waals surface area contributed by atoms with Crippen molar-refractivity contribution in [3.05, 3.63) is 35.1 Å². The zero-order chi connectivity index (χ0) is 11.3. The van der Waals surface area contributed by atoms with E-state index in [0.29, 0.717) is 0 Å². The van der Waals surface area contributed by atoms with Gasteiger partial charge in [0.15, 0.2) is 0 Å². The smallest absolute Gasteiger partial charge is 0.127 e. The molecule has 1 aliphatic rings. The fraction of sp³-hybridized carbons (Fsp3) is 0.538. The van der Waals surface area contributed by atoms with Gasteiger partial charge < -0.3 is 5.73 Å². The minimum atomic E-state index is -0.344. The molecule has 0 aliphatic heterocycles. The van der Waals surface area contributed by atoms with Gasteiger partial charge in [-0.3, -0.25) is 0 Å². The average molecular weight is 207 g/mol. The van der Waals surface area contributed by atoms with Gasteiger partial charge in [-0.05, 0) is 50.8 Å². The number of hydrogen-bond donors (Lipinski definition) is 1. The highest BCUT2D eigenvalue weighted by molar-refractivity contribution is 5.38. The number of nitrogens with two attached hydrogens (primary N) is 1. The molecule has 82 valence electrons. The Kier molecular flexibility index (Phi) is 2.16. The standard InChI is InChI=1S/C13H18FN/c1-9-4-5-10(11(14)8-9)13(6-7-13)12(2,3)15/h4-5,8H,6-7,15H2,1-3H3. The predicted octanol–water partition coefficient (Wildman–Crippen LogP) is 2.90. The minimum Gasteiger partial charge on any atom is -0.325 e. The molecule has 15 heavy (non-hydrogen) atoms. The van der Waals surface area contributed by atoms with Gasteiger partial charge in [0.05, 0.1) is 0 Å². The second kappa shape index (κ2) is 3.05. The maximum absolute atomic E-state index is 13.9. The van der Waals surface area contributed by atoms with Crippen LogP contribution >= 0.6 is 0 Å². The summed E-state index contributed by atoms with van der Waals surface area (Å²) in [4.78, 5) is 0. The molecule has 2 N–H and O–H groups in total. The van der Waals surface area contributed by atoms with E-state index in [1.165, 1.54) is 0 Å². The van der Waals surface area contributed by atoms with Gasteiger partial charge in [-0.2, -0.15) is 0 Å². The molecule has 0 bridgehead atoms. The maximum atomic E-state index is 13.9. The molecule has 0 unspecified atom stereocenters. The second-order valence-corrected chi connectivity index (χ2v) is 5.29. The first kappa shape index (κ1) is 10.6. The summed E-state index contributed by atoms with van der Waals surface area (Å²) in [5.74, 6) is -0.106. The Bertz CT molecular complexity index is 386. The number of rotatable bonds is 2. The summed E-state index contributed by atoms with van der Waals surface area (Å²) in [6, 6.07) is 5.46. The van der Waals surface area contributed by atoms with E-state index in [9.17, 15) is 4.39 Å². The van der Waals surface area contributed by atoms with Gasteiger partial charge >= 0.3 is 0 Å². The van der Waals surface area contributed by atoms with E-state index in [0.717, 1.165) is 24.0 Å². The highest BCUT2D eigenvalue weighted by Crippen LogP contribution is 2.55. The Morgan fingerprint density at radius 2 is 1.93 bits per heavy atom. The molecule has 1 aliphatic carbocycles. The van der Waals surface area contributed by atoms with Crippen molar-refractivity contribution in [2.75, 3.05) is 0 Å². The van der Waals surface area contributed by atoms with Crippen LogP contribution in [0.25, 0.3) is 0 Å². The third-order valence-corrected chi connectivity index (χ3v) is 3.62. The number of halogens is 1. The average Bonchev–Trinajstić information content (AvgIpc) is 2.83. The molecule has 1 saturated carbocycles. The lowest BCUT2D eigenvalue weighted by Gasteiger charge is -2.31. The van der Waals surface area contributed by atoms with Gasteiger partial charge in [-0.15, -0.1) is 0 Å². The lowest BCUT2D eigenvalue weighted by atomic mass is 9.79. The molecule has 0 heterocycles. The topological polar surface area (TPSA) is 26.0 Å². The molecule has 0 radical (unpaired) electrons. The summed E-state index contributed by atoms with van der Waals surface area (Å²) in [6.45, 7) is 5.87. The summed E-state index contributed by atoms with van der Waals surface area (Å²) in [7, 11) is 0. The Balaban J connectivity index is 2.47. The normalized spacial score (nSPS) is 19.0. The Hall–Kier alpha value is -0.890. The zero-order valence-electron chi connectivity index (χ0n) is 9.60. The van der Waals surface area contributed by atoms with Gasteiger partial charge in [0.1, 0.15) is 5.82 Å². The molecule has 0 amide bonds. The van der Waals surface area contributed by atoms with E-state index in [4.69, 9.17) is 5.73 Å². The van der Waals surface area contributed by atoms with Gasteiger partial charge in [-0.1, -0.05) is 12.1 Å². The summed E-state index contributed by atoms with van der Waals surface area (Å²) < 4.78 is 13.9. The van der Waals surface area contributed by atoms with E-state index < -0.39 is 0 Å². The minimum absolute atomic E-state index is 0.106. The third-order valence-electron chi connectivity index (χ3n) is 3.62. The molecular formula is C13H18FN. The number of aryl methyl sites for hydroxylation is 1.